The van der Waals surface area contributed by atoms with E-state index in [9.17, 15) is 9.59 Å². The van der Waals surface area contributed by atoms with Crippen LogP contribution in [0.4, 0.5) is 0 Å². The van der Waals surface area contributed by atoms with Crippen molar-refractivity contribution in [2.24, 2.45) is 12.5 Å². The molecule has 0 unspecified atom stereocenters. The summed E-state index contributed by atoms with van der Waals surface area (Å²) >= 11 is 0. The van der Waals surface area contributed by atoms with Crippen LogP contribution >= 0.6 is 0 Å². The molecule has 1 saturated heterocycles. The molecular weight excluding hydrogens is 420 g/mol. The standard InChI is InChI=1S/C30H38N2O2.H2/c1-30(2,3)17-14-26(33)12-13-29(34)32-18-15-22(16-19-32)23-9-7-10-24(20-23)28-21-25-8-5-6-11-27(25)31(28)4;/h5-11,20-22H,12-19H2,1-4H3;1H. The van der Waals surface area contributed by atoms with Crippen LogP contribution in [0.1, 0.15) is 72.2 Å². The Hall–Kier alpha value is -2.88. The van der Waals surface area contributed by atoms with Gasteiger partial charge < -0.3 is 9.47 Å². The van der Waals surface area contributed by atoms with E-state index >= 15 is 0 Å². The van der Waals surface area contributed by atoms with Crippen LogP contribution in [-0.2, 0) is 16.6 Å². The first-order valence-corrected chi connectivity index (χ1v) is 12.7. The third kappa shape index (κ3) is 5.78. The molecular formula is C30H40N2O2. The molecule has 34 heavy (non-hydrogen) atoms. The van der Waals surface area contributed by atoms with Crippen LogP contribution in [0, 0.1) is 5.41 Å². The maximum atomic E-state index is 12.7. The Labute approximate surface area is 205 Å². The minimum atomic E-state index is 0. The maximum Gasteiger partial charge on any atom is 0.223 e. The molecule has 0 N–H and O–H groups in total. The van der Waals surface area contributed by atoms with Crippen LogP contribution in [0.5, 0.6) is 0 Å². The largest absolute Gasteiger partial charge is 0.344 e. The van der Waals surface area contributed by atoms with Gasteiger partial charge in [-0.15, -0.1) is 0 Å². The lowest BCUT2D eigenvalue weighted by atomic mass is 9.88. The number of carbonyl (C=O) groups is 2. The fourth-order valence-corrected chi connectivity index (χ4v) is 5.02. The van der Waals surface area contributed by atoms with Gasteiger partial charge in [-0.3, -0.25) is 9.59 Å². The second-order valence-electron chi connectivity index (χ2n) is 11.0. The number of nitrogens with zero attached hydrogens (tertiary/aromatic N) is 2. The summed E-state index contributed by atoms with van der Waals surface area (Å²) in [6, 6.07) is 19.6. The Morgan fingerprint density at radius 2 is 1.68 bits per heavy atom. The minimum absolute atomic E-state index is 0. The number of piperidine rings is 1. The van der Waals surface area contributed by atoms with Crippen LogP contribution in [0.15, 0.2) is 54.6 Å². The molecule has 2 aromatic carbocycles. The average molecular weight is 461 g/mol. The number of benzene rings is 2. The topological polar surface area (TPSA) is 42.3 Å². The lowest BCUT2D eigenvalue weighted by molar-refractivity contribution is -0.134. The van der Waals surface area contributed by atoms with Gasteiger partial charge in [0.05, 0.1) is 0 Å². The number of aryl methyl sites for hydroxylation is 1. The van der Waals surface area contributed by atoms with Gasteiger partial charge in [0.2, 0.25) is 5.91 Å². The number of Topliss-reactive ketones (excluding diaryl/α,β-unsaturated/α-hetero) is 1. The van der Waals surface area contributed by atoms with E-state index in [1.807, 2.05) is 4.90 Å². The predicted octanol–water partition coefficient (Wildman–Crippen LogP) is 6.97. The molecule has 3 aromatic rings. The first kappa shape index (κ1) is 24.3. The molecule has 1 aliphatic heterocycles. The van der Waals surface area contributed by atoms with E-state index in [1.54, 1.807) is 0 Å². The number of para-hydroxylation sites is 1. The van der Waals surface area contributed by atoms with Gasteiger partial charge in [0.15, 0.2) is 0 Å². The van der Waals surface area contributed by atoms with Gasteiger partial charge in [-0.25, -0.2) is 0 Å². The molecule has 1 aromatic heterocycles. The van der Waals surface area contributed by atoms with Gasteiger partial charge in [0, 0.05) is 57.4 Å². The van der Waals surface area contributed by atoms with Crippen molar-refractivity contribution < 1.29 is 11.0 Å². The van der Waals surface area contributed by atoms with Crippen LogP contribution < -0.4 is 0 Å². The SMILES string of the molecule is Cn1c(-c2cccc(C3CCN(C(=O)CCC(=O)CCC(C)(C)C)CC3)c2)cc2ccccc21.[HH]. The molecule has 4 nitrogen and oxygen atoms in total. The Balaban J connectivity index is 0.00000342. The molecule has 0 aliphatic carbocycles. The van der Waals surface area contributed by atoms with E-state index in [0.717, 1.165) is 32.4 Å². The van der Waals surface area contributed by atoms with E-state index in [1.165, 1.54) is 27.7 Å². The van der Waals surface area contributed by atoms with Crippen LogP contribution in [0.3, 0.4) is 0 Å². The first-order chi connectivity index (χ1) is 16.2. The van der Waals surface area contributed by atoms with Crippen molar-refractivity contribution in [3.05, 3.63) is 60.2 Å². The van der Waals surface area contributed by atoms with E-state index < -0.39 is 0 Å². The maximum absolute atomic E-state index is 12.7. The van der Waals surface area contributed by atoms with Crippen molar-refractivity contribution >= 4 is 22.6 Å². The summed E-state index contributed by atoms with van der Waals surface area (Å²) in [6.45, 7) is 7.99. The van der Waals surface area contributed by atoms with Gasteiger partial charge in [-0.2, -0.15) is 0 Å². The highest BCUT2D eigenvalue weighted by Crippen LogP contribution is 2.33. The van der Waals surface area contributed by atoms with Gasteiger partial charge in [-0.05, 0) is 59.9 Å². The lowest BCUT2D eigenvalue weighted by Gasteiger charge is -2.32. The number of hydrogen-bond acceptors (Lipinski definition) is 2. The quantitative estimate of drug-likeness (QED) is 0.382. The van der Waals surface area contributed by atoms with Crippen molar-refractivity contribution in [3.8, 4) is 11.3 Å². The molecule has 0 atom stereocenters. The first-order valence-electron chi connectivity index (χ1n) is 12.7. The van der Waals surface area contributed by atoms with Gasteiger partial charge >= 0.3 is 0 Å². The van der Waals surface area contributed by atoms with Crippen molar-refractivity contribution in [2.75, 3.05) is 13.1 Å². The van der Waals surface area contributed by atoms with Gasteiger partial charge in [0.25, 0.3) is 0 Å². The fourth-order valence-electron chi connectivity index (χ4n) is 5.02. The van der Waals surface area contributed by atoms with Gasteiger partial charge in [0.1, 0.15) is 5.78 Å². The highest BCUT2D eigenvalue weighted by molar-refractivity contribution is 5.87. The molecule has 0 spiro atoms. The molecule has 0 saturated carbocycles. The zero-order chi connectivity index (χ0) is 24.3. The Morgan fingerprint density at radius 3 is 2.38 bits per heavy atom. The summed E-state index contributed by atoms with van der Waals surface area (Å²) in [6.07, 6.45) is 4.13. The van der Waals surface area contributed by atoms with Crippen molar-refractivity contribution in [3.63, 3.8) is 0 Å². The van der Waals surface area contributed by atoms with Gasteiger partial charge in [-0.1, -0.05) is 57.2 Å². The number of rotatable bonds is 7. The fraction of sp³-hybridized carbons (Fsp3) is 0.467. The van der Waals surface area contributed by atoms with Crippen LogP contribution in [0.2, 0.25) is 0 Å². The van der Waals surface area contributed by atoms with E-state index in [4.69, 9.17) is 0 Å². The number of ketones is 1. The number of carbonyl (C=O) groups excluding carboxylic acids is 2. The molecule has 4 heteroatoms. The highest BCUT2D eigenvalue weighted by Gasteiger charge is 2.24. The average Bonchev–Trinajstić information content (AvgIpc) is 3.17. The number of fused-ring (bicyclic) bond motifs is 1. The van der Waals surface area contributed by atoms with Crippen LogP contribution in [-0.4, -0.2) is 34.2 Å². The summed E-state index contributed by atoms with van der Waals surface area (Å²) in [5, 5.41) is 1.26. The number of hydrogen-bond donors (Lipinski definition) is 0. The van der Waals surface area contributed by atoms with Crippen molar-refractivity contribution in [1.29, 1.82) is 0 Å². The molecule has 2 heterocycles. The smallest absolute Gasteiger partial charge is 0.223 e. The monoisotopic (exact) mass is 460 g/mol. The summed E-state index contributed by atoms with van der Waals surface area (Å²) < 4.78 is 2.26. The summed E-state index contributed by atoms with van der Waals surface area (Å²) in [5.41, 5.74) is 5.22. The van der Waals surface area contributed by atoms with Crippen molar-refractivity contribution in [1.82, 2.24) is 9.47 Å². The molecule has 1 aliphatic rings. The van der Waals surface area contributed by atoms with Crippen LogP contribution in [0.25, 0.3) is 22.2 Å². The van der Waals surface area contributed by atoms with E-state index in [0.29, 0.717) is 25.2 Å². The zero-order valence-corrected chi connectivity index (χ0v) is 21.1. The molecule has 0 bridgehead atoms. The molecule has 4 rings (SSSR count). The molecule has 182 valence electrons. The van der Waals surface area contributed by atoms with E-state index in [-0.39, 0.29) is 18.5 Å². The summed E-state index contributed by atoms with van der Waals surface area (Å²) in [5.74, 6) is 0.808. The second kappa shape index (κ2) is 10.2. The normalized spacial score (nSPS) is 15.1. The molecule has 1 fully saturated rings. The Bertz CT molecular complexity index is 1170. The Kier molecular flexibility index (Phi) is 7.25. The Morgan fingerprint density at radius 1 is 0.941 bits per heavy atom. The molecule has 1 amide bonds. The number of amides is 1. The third-order valence-corrected chi connectivity index (χ3v) is 7.22. The van der Waals surface area contributed by atoms with Crippen molar-refractivity contribution in [2.45, 2.75) is 65.2 Å². The number of aromatic nitrogens is 1. The summed E-state index contributed by atoms with van der Waals surface area (Å²) in [4.78, 5) is 26.8. The minimum Gasteiger partial charge on any atom is -0.344 e. The zero-order valence-electron chi connectivity index (χ0n) is 21.1. The van der Waals surface area contributed by atoms with E-state index in [2.05, 4.69) is 87.0 Å². The second-order valence-corrected chi connectivity index (χ2v) is 11.0. The highest BCUT2D eigenvalue weighted by atomic mass is 16.2. The summed E-state index contributed by atoms with van der Waals surface area (Å²) in [7, 11) is 2.13. The molecule has 0 radical (unpaired) electrons. The lowest BCUT2D eigenvalue weighted by Crippen LogP contribution is -2.38. The number of likely N-dealkylation sites (tertiary alicyclic amines) is 1. The predicted molar refractivity (Wildman–Crippen MR) is 142 cm³/mol. The third-order valence-electron chi connectivity index (χ3n) is 7.22.